The number of pyridine rings is 1. The van der Waals surface area contributed by atoms with E-state index in [2.05, 4.69) is 15.3 Å². The van der Waals surface area contributed by atoms with Crippen LogP contribution in [0.2, 0.25) is 5.02 Å². The third-order valence-electron chi connectivity index (χ3n) is 4.95. The van der Waals surface area contributed by atoms with Crippen LogP contribution >= 0.6 is 22.9 Å². The SMILES string of the molecule is O=C(Cc1csc(-c2cccnc2)n1)Nc1ccc(Cl)c(S(=O)(=O)N2CCCCC2)c1. The number of benzene rings is 1. The summed E-state index contributed by atoms with van der Waals surface area (Å²) in [5, 5.41) is 5.52. The van der Waals surface area contributed by atoms with E-state index in [1.165, 1.54) is 27.8 Å². The minimum atomic E-state index is -3.70. The van der Waals surface area contributed by atoms with E-state index in [9.17, 15) is 13.2 Å². The largest absolute Gasteiger partial charge is 0.326 e. The maximum absolute atomic E-state index is 13.0. The van der Waals surface area contributed by atoms with Crippen molar-refractivity contribution in [2.24, 2.45) is 0 Å². The lowest BCUT2D eigenvalue weighted by molar-refractivity contribution is -0.115. The molecule has 3 heterocycles. The topological polar surface area (TPSA) is 92.3 Å². The lowest BCUT2D eigenvalue weighted by Gasteiger charge is -2.26. The van der Waals surface area contributed by atoms with Crippen LogP contribution in [-0.2, 0) is 21.2 Å². The van der Waals surface area contributed by atoms with E-state index in [0.29, 0.717) is 24.5 Å². The van der Waals surface area contributed by atoms with Crippen molar-refractivity contribution in [1.82, 2.24) is 14.3 Å². The second-order valence-corrected chi connectivity index (χ2v) is 10.4. The predicted molar refractivity (Wildman–Crippen MR) is 122 cm³/mol. The van der Waals surface area contributed by atoms with E-state index in [4.69, 9.17) is 11.6 Å². The van der Waals surface area contributed by atoms with Gasteiger partial charge in [0.1, 0.15) is 9.90 Å². The Morgan fingerprint density at radius 1 is 1.19 bits per heavy atom. The zero-order valence-corrected chi connectivity index (χ0v) is 19.0. The average Bonchev–Trinajstić information content (AvgIpc) is 3.24. The third kappa shape index (κ3) is 5.12. The molecule has 1 N–H and O–H groups in total. The molecule has 1 aliphatic heterocycles. The Morgan fingerprint density at radius 2 is 2.00 bits per heavy atom. The molecule has 4 rings (SSSR count). The summed E-state index contributed by atoms with van der Waals surface area (Å²) >= 11 is 7.64. The highest BCUT2D eigenvalue weighted by atomic mass is 35.5. The molecule has 162 valence electrons. The average molecular weight is 477 g/mol. The molecule has 1 amide bonds. The second-order valence-electron chi connectivity index (χ2n) is 7.22. The van der Waals surface area contributed by atoms with Gasteiger partial charge in [0.25, 0.3) is 0 Å². The van der Waals surface area contributed by atoms with Crippen LogP contribution in [0.1, 0.15) is 25.0 Å². The van der Waals surface area contributed by atoms with E-state index in [0.717, 1.165) is 29.8 Å². The summed E-state index contributed by atoms with van der Waals surface area (Å²) in [4.78, 5) is 21.1. The highest BCUT2D eigenvalue weighted by Gasteiger charge is 2.28. The van der Waals surface area contributed by atoms with Crippen LogP contribution < -0.4 is 5.32 Å². The highest BCUT2D eigenvalue weighted by Crippen LogP contribution is 2.29. The molecule has 0 spiro atoms. The van der Waals surface area contributed by atoms with Crippen molar-refractivity contribution in [2.75, 3.05) is 18.4 Å². The summed E-state index contributed by atoms with van der Waals surface area (Å²) in [5.41, 5.74) is 1.91. The quantitative estimate of drug-likeness (QED) is 0.575. The monoisotopic (exact) mass is 476 g/mol. The zero-order valence-electron chi connectivity index (χ0n) is 16.6. The van der Waals surface area contributed by atoms with Crippen LogP contribution in [0.3, 0.4) is 0 Å². The molecule has 0 unspecified atom stereocenters. The Balaban J connectivity index is 1.47. The number of sulfonamides is 1. The Bertz CT molecular complexity index is 1180. The number of aromatic nitrogens is 2. The van der Waals surface area contributed by atoms with Gasteiger partial charge in [0.2, 0.25) is 15.9 Å². The molecule has 10 heteroatoms. The molecule has 0 atom stereocenters. The van der Waals surface area contributed by atoms with Crippen molar-refractivity contribution in [3.05, 3.63) is 58.8 Å². The molecule has 3 aromatic rings. The number of halogens is 1. The second kappa shape index (κ2) is 9.44. The van der Waals surface area contributed by atoms with Crippen molar-refractivity contribution < 1.29 is 13.2 Å². The van der Waals surface area contributed by atoms with E-state index in [-0.39, 0.29) is 22.2 Å². The molecule has 0 radical (unpaired) electrons. The number of nitrogens with one attached hydrogen (secondary N) is 1. The van der Waals surface area contributed by atoms with Gasteiger partial charge in [-0.3, -0.25) is 9.78 Å². The van der Waals surface area contributed by atoms with E-state index >= 15 is 0 Å². The van der Waals surface area contributed by atoms with Gasteiger partial charge in [-0.15, -0.1) is 11.3 Å². The van der Waals surface area contributed by atoms with E-state index < -0.39 is 10.0 Å². The standard InChI is InChI=1S/C21H21ClN4O3S2/c22-18-7-6-16(11-19(18)31(28,29)26-9-2-1-3-10-26)24-20(27)12-17-14-30-21(25-17)15-5-4-8-23-13-15/h4-8,11,13-14H,1-3,9-10,12H2,(H,24,27). The number of amides is 1. The number of nitrogens with zero attached hydrogens (tertiary/aromatic N) is 3. The van der Waals surface area contributed by atoms with Crippen LogP contribution in [0.4, 0.5) is 5.69 Å². The van der Waals surface area contributed by atoms with E-state index in [1.807, 2.05) is 17.5 Å². The summed E-state index contributed by atoms with van der Waals surface area (Å²) < 4.78 is 27.4. The van der Waals surface area contributed by atoms with Gasteiger partial charge in [0.15, 0.2) is 0 Å². The summed E-state index contributed by atoms with van der Waals surface area (Å²) in [6, 6.07) is 8.26. The Kier molecular flexibility index (Phi) is 6.66. The van der Waals surface area contributed by atoms with Gasteiger partial charge in [-0.25, -0.2) is 13.4 Å². The van der Waals surface area contributed by atoms with Crippen LogP contribution in [0.5, 0.6) is 0 Å². The molecule has 2 aromatic heterocycles. The van der Waals surface area contributed by atoms with Crippen molar-refractivity contribution in [3.63, 3.8) is 0 Å². The smallest absolute Gasteiger partial charge is 0.244 e. The number of thiazole rings is 1. The van der Waals surface area contributed by atoms with Gasteiger partial charge in [0, 0.05) is 42.1 Å². The zero-order chi connectivity index (χ0) is 21.8. The van der Waals surface area contributed by atoms with Crippen LogP contribution in [0.15, 0.2) is 53.0 Å². The van der Waals surface area contributed by atoms with E-state index in [1.54, 1.807) is 18.5 Å². The number of anilines is 1. The van der Waals surface area contributed by atoms with Crippen LogP contribution in [0.25, 0.3) is 10.6 Å². The lowest BCUT2D eigenvalue weighted by Crippen LogP contribution is -2.35. The molecule has 0 saturated carbocycles. The molecule has 1 aliphatic rings. The summed E-state index contributed by atoms with van der Waals surface area (Å²) in [6.45, 7) is 0.969. The fourth-order valence-corrected chi connectivity index (χ4v) is 6.23. The van der Waals surface area contributed by atoms with Crippen molar-refractivity contribution in [3.8, 4) is 10.6 Å². The molecule has 0 aliphatic carbocycles. The molecule has 1 saturated heterocycles. The van der Waals surface area contributed by atoms with Gasteiger partial charge in [-0.05, 0) is 43.2 Å². The summed E-state index contributed by atoms with van der Waals surface area (Å²) in [7, 11) is -3.70. The lowest BCUT2D eigenvalue weighted by atomic mass is 10.2. The fraction of sp³-hybridized carbons (Fsp3) is 0.286. The third-order valence-corrected chi connectivity index (χ3v) is 8.27. The van der Waals surface area contributed by atoms with Gasteiger partial charge in [-0.2, -0.15) is 4.31 Å². The van der Waals surface area contributed by atoms with Crippen LogP contribution in [0, 0.1) is 0 Å². The molecular weight excluding hydrogens is 456 g/mol. The molecule has 0 bridgehead atoms. The molecule has 31 heavy (non-hydrogen) atoms. The first-order valence-corrected chi connectivity index (χ1v) is 12.6. The summed E-state index contributed by atoms with van der Waals surface area (Å²) in [5.74, 6) is -0.285. The molecule has 1 fully saturated rings. The van der Waals surface area contributed by atoms with Crippen molar-refractivity contribution >= 4 is 44.6 Å². The first kappa shape index (κ1) is 21.9. The van der Waals surface area contributed by atoms with Crippen molar-refractivity contribution in [2.45, 2.75) is 30.6 Å². The van der Waals surface area contributed by atoms with Gasteiger partial charge >= 0.3 is 0 Å². The molecule has 1 aromatic carbocycles. The minimum absolute atomic E-state index is 0.0152. The van der Waals surface area contributed by atoms with Crippen LogP contribution in [-0.4, -0.2) is 41.7 Å². The fourth-order valence-electron chi connectivity index (χ4n) is 3.40. The number of rotatable bonds is 6. The normalized spacial score (nSPS) is 15.0. The Morgan fingerprint density at radius 3 is 2.74 bits per heavy atom. The summed E-state index contributed by atoms with van der Waals surface area (Å²) in [6.07, 6.45) is 6.19. The first-order valence-electron chi connectivity index (χ1n) is 9.88. The van der Waals surface area contributed by atoms with Gasteiger partial charge in [0.05, 0.1) is 17.1 Å². The highest BCUT2D eigenvalue weighted by molar-refractivity contribution is 7.89. The number of piperidine rings is 1. The first-order chi connectivity index (χ1) is 14.9. The predicted octanol–water partition coefficient (Wildman–Crippen LogP) is 4.21. The number of hydrogen-bond donors (Lipinski definition) is 1. The minimum Gasteiger partial charge on any atom is -0.326 e. The molecule has 7 nitrogen and oxygen atoms in total. The molecular formula is C21H21ClN4O3S2. The maximum atomic E-state index is 13.0. The number of carbonyl (C=O) groups excluding carboxylic acids is 1. The number of carbonyl (C=O) groups is 1. The number of hydrogen-bond acceptors (Lipinski definition) is 6. The van der Waals surface area contributed by atoms with Gasteiger partial charge < -0.3 is 5.32 Å². The Hall–Kier alpha value is -2.33. The van der Waals surface area contributed by atoms with Crippen molar-refractivity contribution in [1.29, 1.82) is 0 Å². The Labute approximate surface area is 190 Å². The van der Waals surface area contributed by atoms with Gasteiger partial charge in [-0.1, -0.05) is 18.0 Å². The maximum Gasteiger partial charge on any atom is 0.244 e.